The Balaban J connectivity index is 1.78. The number of sulfonamides is 1. The standard InChI is InChI=1S/C14H21N3O3S/c15-14(8-4-5-9-14)13(18)16-10-11-17-21(19,20)12-6-2-1-3-7-12/h1-3,6-7,17H,4-5,8-11,15H2,(H,16,18). The topological polar surface area (TPSA) is 101 Å². The van der Waals surface area contributed by atoms with Gasteiger partial charge in [-0.1, -0.05) is 31.0 Å². The van der Waals surface area contributed by atoms with Crippen LogP contribution < -0.4 is 15.8 Å². The first-order chi connectivity index (χ1) is 9.94. The van der Waals surface area contributed by atoms with Gasteiger partial charge in [-0.15, -0.1) is 0 Å². The van der Waals surface area contributed by atoms with Crippen LogP contribution in [0.5, 0.6) is 0 Å². The quantitative estimate of drug-likeness (QED) is 0.660. The van der Waals surface area contributed by atoms with Crippen LogP contribution in [0.4, 0.5) is 0 Å². The highest BCUT2D eigenvalue weighted by molar-refractivity contribution is 7.89. The Hall–Kier alpha value is -1.44. The van der Waals surface area contributed by atoms with Gasteiger partial charge in [0.25, 0.3) is 0 Å². The van der Waals surface area contributed by atoms with Crippen molar-refractivity contribution in [3.05, 3.63) is 30.3 Å². The number of amides is 1. The summed E-state index contributed by atoms with van der Waals surface area (Å²) in [6, 6.07) is 8.12. The number of carbonyl (C=O) groups excluding carboxylic acids is 1. The monoisotopic (exact) mass is 311 g/mol. The predicted molar refractivity (Wildman–Crippen MR) is 80.0 cm³/mol. The second kappa shape index (κ2) is 6.55. The van der Waals surface area contributed by atoms with Gasteiger partial charge in [0.15, 0.2) is 0 Å². The molecule has 0 saturated heterocycles. The Morgan fingerprint density at radius 3 is 2.38 bits per heavy atom. The molecule has 4 N–H and O–H groups in total. The van der Waals surface area contributed by atoms with Crippen LogP contribution in [0.25, 0.3) is 0 Å². The second-order valence-electron chi connectivity index (χ2n) is 5.33. The van der Waals surface area contributed by atoms with E-state index in [-0.39, 0.29) is 23.9 Å². The summed E-state index contributed by atoms with van der Waals surface area (Å²) in [6.07, 6.45) is 3.30. The third-order valence-corrected chi connectivity index (χ3v) is 5.18. The molecule has 0 heterocycles. The van der Waals surface area contributed by atoms with Crippen LogP contribution in [0.3, 0.4) is 0 Å². The first kappa shape index (κ1) is 15.9. The number of nitrogens with two attached hydrogens (primary N) is 1. The number of carbonyl (C=O) groups is 1. The fraction of sp³-hybridized carbons (Fsp3) is 0.500. The summed E-state index contributed by atoms with van der Waals surface area (Å²) >= 11 is 0. The summed E-state index contributed by atoms with van der Waals surface area (Å²) in [6.45, 7) is 0.364. The number of hydrogen-bond acceptors (Lipinski definition) is 4. The Labute approximate surface area is 125 Å². The van der Waals surface area contributed by atoms with Gasteiger partial charge in [-0.05, 0) is 25.0 Å². The van der Waals surface area contributed by atoms with Gasteiger partial charge in [0.05, 0.1) is 10.4 Å². The molecular formula is C14H21N3O3S. The van der Waals surface area contributed by atoms with Crippen molar-refractivity contribution in [3.63, 3.8) is 0 Å². The van der Waals surface area contributed by atoms with Gasteiger partial charge in [0.2, 0.25) is 15.9 Å². The van der Waals surface area contributed by atoms with Crippen molar-refractivity contribution in [2.45, 2.75) is 36.1 Å². The molecule has 0 radical (unpaired) electrons. The summed E-state index contributed by atoms with van der Waals surface area (Å²) in [5.41, 5.74) is 5.23. The summed E-state index contributed by atoms with van der Waals surface area (Å²) in [4.78, 5) is 12.2. The molecule has 21 heavy (non-hydrogen) atoms. The maximum absolute atomic E-state index is 11.9. The molecule has 7 heteroatoms. The molecule has 1 saturated carbocycles. The van der Waals surface area contributed by atoms with Crippen molar-refractivity contribution < 1.29 is 13.2 Å². The van der Waals surface area contributed by atoms with Crippen LogP contribution in [0.1, 0.15) is 25.7 Å². The number of benzene rings is 1. The molecule has 0 unspecified atom stereocenters. The smallest absolute Gasteiger partial charge is 0.240 e. The van der Waals surface area contributed by atoms with Crippen molar-refractivity contribution in [1.82, 2.24) is 10.0 Å². The molecule has 1 aromatic rings. The van der Waals surface area contributed by atoms with Crippen LogP contribution in [0.15, 0.2) is 35.2 Å². The van der Waals surface area contributed by atoms with Gasteiger partial charge in [0.1, 0.15) is 0 Å². The number of nitrogens with one attached hydrogen (secondary N) is 2. The van der Waals surface area contributed by atoms with E-state index in [1.165, 1.54) is 12.1 Å². The normalized spacial score (nSPS) is 17.6. The highest BCUT2D eigenvalue weighted by Crippen LogP contribution is 2.26. The molecule has 2 rings (SSSR count). The molecule has 1 aromatic carbocycles. The molecule has 0 atom stereocenters. The molecule has 1 aliphatic rings. The molecule has 116 valence electrons. The lowest BCUT2D eigenvalue weighted by Gasteiger charge is -2.22. The van der Waals surface area contributed by atoms with Crippen LogP contribution in [0.2, 0.25) is 0 Å². The molecule has 6 nitrogen and oxygen atoms in total. The lowest BCUT2D eigenvalue weighted by atomic mass is 9.98. The summed E-state index contributed by atoms with van der Waals surface area (Å²) in [5.74, 6) is -0.195. The van der Waals surface area contributed by atoms with E-state index in [2.05, 4.69) is 10.0 Å². The van der Waals surface area contributed by atoms with E-state index >= 15 is 0 Å². The minimum atomic E-state index is -3.53. The summed E-state index contributed by atoms with van der Waals surface area (Å²) in [5, 5.41) is 2.70. The predicted octanol–water partition coefficient (Wildman–Crippen LogP) is 0.353. The van der Waals surface area contributed by atoms with E-state index < -0.39 is 15.6 Å². The number of rotatable bonds is 6. The van der Waals surface area contributed by atoms with E-state index in [9.17, 15) is 13.2 Å². The van der Waals surface area contributed by atoms with Gasteiger partial charge in [-0.3, -0.25) is 4.79 Å². The van der Waals surface area contributed by atoms with Gasteiger partial charge in [-0.2, -0.15) is 0 Å². The zero-order valence-corrected chi connectivity index (χ0v) is 12.7. The zero-order chi connectivity index (χ0) is 15.3. The Morgan fingerprint density at radius 1 is 1.14 bits per heavy atom. The minimum Gasteiger partial charge on any atom is -0.353 e. The molecular weight excluding hydrogens is 290 g/mol. The highest BCUT2D eigenvalue weighted by atomic mass is 32.2. The lowest BCUT2D eigenvalue weighted by Crippen LogP contribution is -2.53. The van der Waals surface area contributed by atoms with E-state index in [0.717, 1.165) is 12.8 Å². The van der Waals surface area contributed by atoms with Gasteiger partial charge in [0, 0.05) is 13.1 Å². The van der Waals surface area contributed by atoms with Gasteiger partial charge >= 0.3 is 0 Å². The zero-order valence-electron chi connectivity index (χ0n) is 11.8. The Bertz CT molecular complexity index is 581. The molecule has 1 fully saturated rings. The minimum absolute atomic E-state index is 0.138. The molecule has 0 aliphatic heterocycles. The van der Waals surface area contributed by atoms with Gasteiger partial charge < -0.3 is 11.1 Å². The van der Waals surface area contributed by atoms with Crippen LogP contribution in [0, 0.1) is 0 Å². The SMILES string of the molecule is NC1(C(=O)NCCNS(=O)(=O)c2ccccc2)CCCC1. The van der Waals surface area contributed by atoms with E-state index in [4.69, 9.17) is 5.73 Å². The molecule has 1 amide bonds. The maximum Gasteiger partial charge on any atom is 0.240 e. The summed E-state index contributed by atoms with van der Waals surface area (Å²) < 4.78 is 26.3. The average molecular weight is 311 g/mol. The van der Waals surface area contributed by atoms with Crippen molar-refractivity contribution in [1.29, 1.82) is 0 Å². The Morgan fingerprint density at radius 2 is 1.76 bits per heavy atom. The lowest BCUT2D eigenvalue weighted by molar-refractivity contribution is -0.126. The fourth-order valence-electron chi connectivity index (χ4n) is 2.45. The highest BCUT2D eigenvalue weighted by Gasteiger charge is 2.36. The third kappa shape index (κ3) is 4.03. The molecule has 0 bridgehead atoms. The first-order valence-corrected chi connectivity index (χ1v) is 8.54. The largest absolute Gasteiger partial charge is 0.353 e. The maximum atomic E-state index is 11.9. The first-order valence-electron chi connectivity index (χ1n) is 7.06. The average Bonchev–Trinajstić information content (AvgIpc) is 2.92. The third-order valence-electron chi connectivity index (χ3n) is 3.70. The van der Waals surface area contributed by atoms with Gasteiger partial charge in [-0.25, -0.2) is 13.1 Å². The van der Waals surface area contributed by atoms with E-state index in [1.807, 2.05) is 0 Å². The summed E-state index contributed by atoms with van der Waals surface area (Å²) in [7, 11) is -3.53. The van der Waals surface area contributed by atoms with Crippen molar-refractivity contribution in [2.75, 3.05) is 13.1 Å². The molecule has 0 aromatic heterocycles. The van der Waals surface area contributed by atoms with Crippen LogP contribution >= 0.6 is 0 Å². The molecule has 0 spiro atoms. The fourth-order valence-corrected chi connectivity index (χ4v) is 3.51. The van der Waals surface area contributed by atoms with Crippen molar-refractivity contribution >= 4 is 15.9 Å². The van der Waals surface area contributed by atoms with Crippen molar-refractivity contribution in [2.24, 2.45) is 5.73 Å². The van der Waals surface area contributed by atoms with Crippen LogP contribution in [-0.4, -0.2) is 33.0 Å². The molecule has 1 aliphatic carbocycles. The van der Waals surface area contributed by atoms with E-state index in [0.29, 0.717) is 12.8 Å². The van der Waals surface area contributed by atoms with E-state index in [1.54, 1.807) is 18.2 Å². The van der Waals surface area contributed by atoms with Crippen LogP contribution in [-0.2, 0) is 14.8 Å². The second-order valence-corrected chi connectivity index (χ2v) is 7.10. The number of hydrogen-bond donors (Lipinski definition) is 3. The van der Waals surface area contributed by atoms with Crippen molar-refractivity contribution in [3.8, 4) is 0 Å². The Kier molecular flexibility index (Phi) is 4.97.